The fourth-order valence-electron chi connectivity index (χ4n) is 3.03. The quantitative estimate of drug-likeness (QED) is 0.701. The number of hydrogen-bond donors (Lipinski definition) is 0. The van der Waals surface area contributed by atoms with Gasteiger partial charge in [-0.2, -0.15) is 0 Å². The van der Waals surface area contributed by atoms with Gasteiger partial charge in [-0.1, -0.05) is 50.3 Å². The van der Waals surface area contributed by atoms with Gasteiger partial charge >= 0.3 is 0 Å². The van der Waals surface area contributed by atoms with Crippen molar-refractivity contribution < 1.29 is 14.3 Å². The third-order valence-corrected chi connectivity index (χ3v) is 4.91. The first-order valence-electron chi connectivity index (χ1n) is 8.65. The molecule has 0 radical (unpaired) electrons. The number of ether oxygens (including phenoxy) is 1. The molecule has 0 heterocycles. The van der Waals surface area contributed by atoms with Crippen molar-refractivity contribution in [3.8, 4) is 0 Å². The van der Waals surface area contributed by atoms with Gasteiger partial charge < -0.3 is 4.74 Å². The van der Waals surface area contributed by atoms with Crippen molar-refractivity contribution in [3.05, 3.63) is 35.4 Å². The van der Waals surface area contributed by atoms with Crippen LogP contribution in [-0.2, 0) is 16.0 Å². The van der Waals surface area contributed by atoms with E-state index >= 15 is 0 Å². The summed E-state index contributed by atoms with van der Waals surface area (Å²) in [5.41, 5.74) is 1.00. The first kappa shape index (κ1) is 17.9. The molecule has 0 amide bonds. The second-order valence-corrected chi connectivity index (χ2v) is 7.19. The van der Waals surface area contributed by atoms with E-state index in [0.29, 0.717) is 5.56 Å². The van der Waals surface area contributed by atoms with Crippen molar-refractivity contribution in [2.45, 2.75) is 64.9 Å². The Morgan fingerprint density at radius 3 is 2.52 bits per heavy atom. The summed E-state index contributed by atoms with van der Waals surface area (Å²) in [7, 11) is 0. The molecule has 0 aromatic heterocycles. The summed E-state index contributed by atoms with van der Waals surface area (Å²) in [6, 6.07) is 7.87. The Balaban J connectivity index is 1.95. The van der Waals surface area contributed by atoms with E-state index in [2.05, 4.69) is 6.07 Å². The van der Waals surface area contributed by atoms with Gasteiger partial charge in [-0.3, -0.25) is 9.59 Å². The molecular formula is C20H28O3. The predicted molar refractivity (Wildman–Crippen MR) is 91.8 cm³/mol. The first-order valence-corrected chi connectivity index (χ1v) is 8.65. The minimum absolute atomic E-state index is 0.0561. The number of benzene rings is 1. The molecule has 3 heteroatoms. The van der Waals surface area contributed by atoms with Gasteiger partial charge in [0.2, 0.25) is 0 Å². The molecule has 23 heavy (non-hydrogen) atoms. The molecular weight excluding hydrogens is 288 g/mol. The fourth-order valence-corrected chi connectivity index (χ4v) is 3.03. The number of ketones is 2. The van der Waals surface area contributed by atoms with Gasteiger partial charge in [0.1, 0.15) is 12.2 Å². The van der Waals surface area contributed by atoms with Crippen LogP contribution in [0.25, 0.3) is 0 Å². The second kappa shape index (κ2) is 7.87. The van der Waals surface area contributed by atoms with Crippen LogP contribution in [-0.4, -0.2) is 23.8 Å². The molecule has 1 aliphatic carbocycles. The molecule has 0 atom stereocenters. The zero-order valence-corrected chi connectivity index (χ0v) is 14.6. The highest BCUT2D eigenvalue weighted by molar-refractivity contribution is 5.97. The van der Waals surface area contributed by atoms with Crippen molar-refractivity contribution in [1.82, 2.24) is 0 Å². The maximum atomic E-state index is 12.3. The monoisotopic (exact) mass is 316 g/mol. The lowest BCUT2D eigenvalue weighted by Gasteiger charge is -2.22. The van der Waals surface area contributed by atoms with Crippen LogP contribution in [0.4, 0.5) is 0 Å². The van der Waals surface area contributed by atoms with Crippen molar-refractivity contribution >= 4 is 11.6 Å². The number of carbonyl (C=O) groups is 2. The van der Waals surface area contributed by atoms with E-state index in [1.807, 2.05) is 18.2 Å². The molecule has 1 aromatic carbocycles. The van der Waals surface area contributed by atoms with Crippen LogP contribution in [0.5, 0.6) is 0 Å². The Morgan fingerprint density at radius 1 is 1.17 bits per heavy atom. The summed E-state index contributed by atoms with van der Waals surface area (Å²) in [6.45, 7) is 4.82. The summed E-state index contributed by atoms with van der Waals surface area (Å²) in [5, 5.41) is 0. The van der Waals surface area contributed by atoms with Crippen molar-refractivity contribution in [3.63, 3.8) is 0 Å². The first-order chi connectivity index (χ1) is 10.9. The van der Waals surface area contributed by atoms with E-state index in [9.17, 15) is 9.59 Å². The van der Waals surface area contributed by atoms with E-state index in [-0.39, 0.29) is 18.2 Å². The summed E-state index contributed by atoms with van der Waals surface area (Å²) in [6.07, 6.45) is 7.68. The molecule has 0 bridgehead atoms. The van der Waals surface area contributed by atoms with Crippen LogP contribution in [0.3, 0.4) is 0 Å². The van der Waals surface area contributed by atoms with Gasteiger partial charge in [0.05, 0.1) is 0 Å². The van der Waals surface area contributed by atoms with Crippen molar-refractivity contribution in [1.29, 1.82) is 0 Å². The summed E-state index contributed by atoms with van der Waals surface area (Å²) in [5.74, 6) is 0.614. The Hall–Kier alpha value is -1.48. The van der Waals surface area contributed by atoms with Crippen LogP contribution < -0.4 is 0 Å². The molecule has 0 aliphatic heterocycles. The third-order valence-electron chi connectivity index (χ3n) is 4.91. The second-order valence-electron chi connectivity index (χ2n) is 7.19. The van der Waals surface area contributed by atoms with Crippen LogP contribution in [0.1, 0.15) is 68.8 Å². The Labute approximate surface area is 139 Å². The van der Waals surface area contributed by atoms with E-state index < -0.39 is 5.60 Å². The summed E-state index contributed by atoms with van der Waals surface area (Å²) < 4.78 is 5.50. The minimum atomic E-state index is -0.907. The normalized spacial score (nSPS) is 16.3. The topological polar surface area (TPSA) is 43.4 Å². The molecule has 1 aromatic rings. The molecule has 3 nitrogen and oxygen atoms in total. The van der Waals surface area contributed by atoms with Crippen molar-refractivity contribution in [2.75, 3.05) is 6.61 Å². The number of rotatable bonds is 7. The molecule has 1 fully saturated rings. The van der Waals surface area contributed by atoms with Crippen LogP contribution in [0.2, 0.25) is 0 Å². The number of Topliss-reactive ketones (excluding diaryl/α,β-unsaturated/α-hetero) is 2. The van der Waals surface area contributed by atoms with Crippen LogP contribution in [0, 0.1) is 5.92 Å². The Kier molecular flexibility index (Phi) is 6.11. The maximum Gasteiger partial charge on any atom is 0.188 e. The average molecular weight is 316 g/mol. The Bertz CT molecular complexity index is 554. The molecule has 1 aliphatic rings. The third kappa shape index (κ3) is 5.28. The highest BCUT2D eigenvalue weighted by Gasteiger charge is 2.25. The molecule has 0 unspecified atom stereocenters. The maximum absolute atomic E-state index is 12.3. The molecule has 126 valence electrons. The van der Waals surface area contributed by atoms with Crippen LogP contribution >= 0.6 is 0 Å². The molecule has 0 spiro atoms. The fraction of sp³-hybridized carbons (Fsp3) is 0.600. The van der Waals surface area contributed by atoms with Gasteiger partial charge in [-0.25, -0.2) is 0 Å². The van der Waals surface area contributed by atoms with Crippen LogP contribution in [0.15, 0.2) is 24.3 Å². The Morgan fingerprint density at radius 2 is 1.87 bits per heavy atom. The van der Waals surface area contributed by atoms with E-state index in [4.69, 9.17) is 4.74 Å². The zero-order chi connectivity index (χ0) is 16.9. The van der Waals surface area contributed by atoms with Gasteiger partial charge in [-0.05, 0) is 44.7 Å². The van der Waals surface area contributed by atoms with E-state index in [0.717, 1.165) is 12.3 Å². The highest BCUT2D eigenvalue weighted by Crippen LogP contribution is 2.27. The SMILES string of the molecule is CC(=O)C(C)(C)OCC(=O)c1cccc(CC2CCCCC2)c1. The lowest BCUT2D eigenvalue weighted by Crippen LogP contribution is -2.34. The number of carbonyl (C=O) groups excluding carboxylic acids is 2. The van der Waals surface area contributed by atoms with Gasteiger partial charge in [0.15, 0.2) is 11.6 Å². The lowest BCUT2D eigenvalue weighted by molar-refractivity contribution is -0.136. The number of hydrogen-bond acceptors (Lipinski definition) is 3. The standard InChI is InChI=1S/C20H28O3/c1-15(21)20(2,3)23-14-19(22)18-11-7-10-17(13-18)12-16-8-5-4-6-9-16/h7,10-11,13,16H,4-6,8-9,12,14H2,1-3H3. The zero-order valence-electron chi connectivity index (χ0n) is 14.6. The summed E-state index contributed by atoms with van der Waals surface area (Å²) >= 11 is 0. The summed E-state index contributed by atoms with van der Waals surface area (Å²) in [4.78, 5) is 23.8. The van der Waals surface area contributed by atoms with E-state index in [1.165, 1.54) is 44.6 Å². The largest absolute Gasteiger partial charge is 0.360 e. The minimum Gasteiger partial charge on any atom is -0.360 e. The lowest BCUT2D eigenvalue weighted by atomic mass is 9.84. The molecule has 1 saturated carbocycles. The molecule has 0 saturated heterocycles. The van der Waals surface area contributed by atoms with Gasteiger partial charge in [0, 0.05) is 5.56 Å². The molecule has 2 rings (SSSR count). The predicted octanol–water partition coefficient (Wildman–Crippen LogP) is 4.38. The van der Waals surface area contributed by atoms with Gasteiger partial charge in [0.25, 0.3) is 0 Å². The highest BCUT2D eigenvalue weighted by atomic mass is 16.5. The van der Waals surface area contributed by atoms with Gasteiger partial charge in [-0.15, -0.1) is 0 Å². The molecule has 0 N–H and O–H groups in total. The smallest absolute Gasteiger partial charge is 0.188 e. The average Bonchev–Trinajstić information content (AvgIpc) is 2.54. The van der Waals surface area contributed by atoms with Crippen molar-refractivity contribution in [2.24, 2.45) is 5.92 Å². The van der Waals surface area contributed by atoms with E-state index in [1.54, 1.807) is 13.8 Å².